The molecule has 0 atom stereocenters. The quantitative estimate of drug-likeness (QED) is 0.364. The molecule has 1 aromatic carbocycles. The van der Waals surface area contributed by atoms with E-state index < -0.39 is 0 Å². The van der Waals surface area contributed by atoms with E-state index in [1.165, 1.54) is 0 Å². The molecular formula is C13H16BrClN4O2. The molecule has 8 heteroatoms. The van der Waals surface area contributed by atoms with Gasteiger partial charge in [0.2, 0.25) is 0 Å². The summed E-state index contributed by atoms with van der Waals surface area (Å²) in [7, 11) is 0. The third-order valence-electron chi connectivity index (χ3n) is 3.33. The average Bonchev–Trinajstić information content (AvgIpc) is 2.49. The lowest BCUT2D eigenvalue weighted by Gasteiger charge is -2.34. The second-order valence-corrected chi connectivity index (χ2v) is 6.11. The fourth-order valence-corrected chi connectivity index (χ4v) is 2.76. The molecule has 0 radical (unpaired) electrons. The predicted octanol–water partition coefficient (Wildman–Crippen LogP) is 1.61. The molecular weight excluding hydrogens is 360 g/mol. The first-order chi connectivity index (χ1) is 10.0. The number of carbonyl (C=O) groups excluding carboxylic acids is 1. The molecule has 0 aliphatic carbocycles. The van der Waals surface area contributed by atoms with Gasteiger partial charge >= 0.3 is 0 Å². The molecule has 1 saturated heterocycles. The van der Waals surface area contributed by atoms with Crippen molar-refractivity contribution in [2.24, 2.45) is 10.9 Å². The van der Waals surface area contributed by atoms with E-state index in [0.717, 1.165) is 4.47 Å². The van der Waals surface area contributed by atoms with Crippen LogP contribution in [0.25, 0.3) is 0 Å². The van der Waals surface area contributed by atoms with Gasteiger partial charge in [0.15, 0.2) is 5.84 Å². The van der Waals surface area contributed by atoms with Crippen molar-refractivity contribution in [3.63, 3.8) is 0 Å². The average molecular weight is 376 g/mol. The molecule has 1 aliphatic rings. The van der Waals surface area contributed by atoms with Gasteiger partial charge in [-0.3, -0.25) is 9.69 Å². The van der Waals surface area contributed by atoms with Crippen molar-refractivity contribution in [1.29, 1.82) is 0 Å². The van der Waals surface area contributed by atoms with Crippen LogP contribution >= 0.6 is 27.5 Å². The van der Waals surface area contributed by atoms with E-state index in [-0.39, 0.29) is 11.7 Å². The Morgan fingerprint density at radius 2 is 2.05 bits per heavy atom. The zero-order valence-corrected chi connectivity index (χ0v) is 13.6. The van der Waals surface area contributed by atoms with Crippen molar-refractivity contribution in [3.8, 4) is 0 Å². The van der Waals surface area contributed by atoms with Crippen molar-refractivity contribution in [2.75, 3.05) is 32.7 Å². The molecule has 21 heavy (non-hydrogen) atoms. The van der Waals surface area contributed by atoms with Crippen LogP contribution in [0.3, 0.4) is 0 Å². The van der Waals surface area contributed by atoms with Gasteiger partial charge in [-0.2, -0.15) is 0 Å². The van der Waals surface area contributed by atoms with Crippen molar-refractivity contribution in [1.82, 2.24) is 9.80 Å². The number of benzene rings is 1. The van der Waals surface area contributed by atoms with Gasteiger partial charge in [0.25, 0.3) is 5.91 Å². The maximum absolute atomic E-state index is 12.5. The summed E-state index contributed by atoms with van der Waals surface area (Å²) >= 11 is 9.43. The normalized spacial score (nSPS) is 17.0. The first-order valence-electron chi connectivity index (χ1n) is 6.44. The first kappa shape index (κ1) is 16.1. The zero-order chi connectivity index (χ0) is 15.4. The van der Waals surface area contributed by atoms with E-state index in [0.29, 0.717) is 43.3 Å². The Bertz CT molecular complexity index is 559. The lowest BCUT2D eigenvalue weighted by molar-refractivity contribution is 0.0653. The fraction of sp³-hybridized carbons (Fsp3) is 0.385. The predicted molar refractivity (Wildman–Crippen MR) is 84.9 cm³/mol. The highest BCUT2D eigenvalue weighted by atomic mass is 79.9. The number of rotatable bonds is 3. The molecule has 6 nitrogen and oxygen atoms in total. The summed E-state index contributed by atoms with van der Waals surface area (Å²) in [6.07, 6.45) is 0. The summed E-state index contributed by atoms with van der Waals surface area (Å²) in [6.45, 7) is 2.91. The number of nitrogens with zero attached hydrogens (tertiary/aromatic N) is 3. The van der Waals surface area contributed by atoms with E-state index in [9.17, 15) is 4.79 Å². The van der Waals surface area contributed by atoms with E-state index in [1.807, 2.05) is 4.90 Å². The molecule has 2 rings (SSSR count). The smallest absolute Gasteiger partial charge is 0.255 e. The molecule has 0 spiro atoms. The van der Waals surface area contributed by atoms with Gasteiger partial charge in [0.1, 0.15) is 0 Å². The number of amidine groups is 1. The monoisotopic (exact) mass is 374 g/mol. The molecule has 114 valence electrons. The second-order valence-electron chi connectivity index (χ2n) is 4.78. The Morgan fingerprint density at radius 1 is 1.38 bits per heavy atom. The first-order valence-corrected chi connectivity index (χ1v) is 7.61. The van der Waals surface area contributed by atoms with E-state index in [1.54, 1.807) is 23.1 Å². The van der Waals surface area contributed by atoms with Crippen LogP contribution in [-0.2, 0) is 0 Å². The van der Waals surface area contributed by atoms with Crippen LogP contribution < -0.4 is 5.73 Å². The maximum atomic E-state index is 12.5. The zero-order valence-electron chi connectivity index (χ0n) is 11.3. The van der Waals surface area contributed by atoms with Crippen LogP contribution in [0.15, 0.2) is 27.8 Å². The maximum Gasteiger partial charge on any atom is 0.255 e. The van der Waals surface area contributed by atoms with Crippen LogP contribution in [0.4, 0.5) is 0 Å². The molecule has 0 aromatic heterocycles. The fourth-order valence-electron chi connectivity index (χ4n) is 2.20. The van der Waals surface area contributed by atoms with Gasteiger partial charge in [0, 0.05) is 30.7 Å². The van der Waals surface area contributed by atoms with Gasteiger partial charge in [0.05, 0.1) is 17.1 Å². The summed E-state index contributed by atoms with van der Waals surface area (Å²) in [5.41, 5.74) is 5.98. The highest BCUT2D eigenvalue weighted by Gasteiger charge is 2.24. The SMILES string of the molecule is NC(CN1CCN(C(=O)c2cc(Br)ccc2Cl)CC1)=NO. The largest absolute Gasteiger partial charge is 0.409 e. The van der Waals surface area contributed by atoms with E-state index in [4.69, 9.17) is 22.5 Å². The van der Waals surface area contributed by atoms with Crippen LogP contribution in [0, 0.1) is 0 Å². The molecule has 0 unspecified atom stereocenters. The second kappa shape index (κ2) is 7.11. The van der Waals surface area contributed by atoms with Gasteiger partial charge in [-0.05, 0) is 18.2 Å². The number of halogens is 2. The summed E-state index contributed by atoms with van der Waals surface area (Å²) in [5, 5.41) is 12.0. The summed E-state index contributed by atoms with van der Waals surface area (Å²) in [4.78, 5) is 16.3. The highest BCUT2D eigenvalue weighted by molar-refractivity contribution is 9.10. The number of piperazine rings is 1. The lowest BCUT2D eigenvalue weighted by Crippen LogP contribution is -2.50. The number of carbonyl (C=O) groups is 1. The number of amides is 1. The van der Waals surface area contributed by atoms with Gasteiger partial charge in [-0.1, -0.05) is 32.7 Å². The minimum atomic E-state index is -0.0789. The molecule has 1 fully saturated rings. The molecule has 0 bridgehead atoms. The van der Waals surface area contributed by atoms with Crippen molar-refractivity contribution in [2.45, 2.75) is 0 Å². The van der Waals surface area contributed by atoms with Gasteiger partial charge in [-0.25, -0.2) is 0 Å². The lowest BCUT2D eigenvalue weighted by atomic mass is 10.2. The minimum absolute atomic E-state index is 0.0789. The van der Waals surface area contributed by atoms with Crippen LogP contribution in [0.5, 0.6) is 0 Å². The summed E-state index contributed by atoms with van der Waals surface area (Å²) in [5.74, 6) is 0.0922. The van der Waals surface area contributed by atoms with E-state index in [2.05, 4.69) is 21.1 Å². The molecule has 1 amide bonds. The third-order valence-corrected chi connectivity index (χ3v) is 4.16. The van der Waals surface area contributed by atoms with Crippen LogP contribution in [0.2, 0.25) is 5.02 Å². The molecule has 1 aliphatic heterocycles. The molecule has 1 aromatic rings. The van der Waals surface area contributed by atoms with Gasteiger partial charge in [-0.15, -0.1) is 0 Å². The summed E-state index contributed by atoms with van der Waals surface area (Å²) < 4.78 is 0.820. The Labute approximate surface area is 136 Å². The number of hydrogen-bond acceptors (Lipinski definition) is 4. The number of nitrogens with two attached hydrogens (primary N) is 1. The number of oxime groups is 1. The Balaban J connectivity index is 1.99. The topological polar surface area (TPSA) is 82.2 Å². The van der Waals surface area contributed by atoms with Gasteiger partial charge < -0.3 is 15.8 Å². The Hall–Kier alpha value is -1.31. The molecule has 0 saturated carbocycles. The number of hydrogen-bond donors (Lipinski definition) is 2. The van der Waals surface area contributed by atoms with Crippen molar-refractivity contribution >= 4 is 39.3 Å². The van der Waals surface area contributed by atoms with E-state index >= 15 is 0 Å². The van der Waals surface area contributed by atoms with Crippen molar-refractivity contribution in [3.05, 3.63) is 33.3 Å². The van der Waals surface area contributed by atoms with Crippen LogP contribution in [-0.4, -0.2) is 59.5 Å². The van der Waals surface area contributed by atoms with Crippen LogP contribution in [0.1, 0.15) is 10.4 Å². The molecule has 1 heterocycles. The highest BCUT2D eigenvalue weighted by Crippen LogP contribution is 2.22. The summed E-state index contributed by atoms with van der Waals surface area (Å²) in [6, 6.07) is 5.23. The Morgan fingerprint density at radius 3 is 2.67 bits per heavy atom. The third kappa shape index (κ3) is 4.09. The standard InChI is InChI=1S/C13H16BrClN4O2/c14-9-1-2-11(15)10(7-9)13(20)19-5-3-18(4-6-19)8-12(16)17-21/h1-2,7,21H,3-6,8H2,(H2,16,17). The molecule has 3 N–H and O–H groups in total. The minimum Gasteiger partial charge on any atom is -0.409 e. The Kier molecular flexibility index (Phi) is 5.44. The van der Waals surface area contributed by atoms with Crippen molar-refractivity contribution < 1.29 is 10.0 Å².